The van der Waals surface area contributed by atoms with Crippen LogP contribution in [0.25, 0.3) is 11.4 Å². The second-order valence-corrected chi connectivity index (χ2v) is 5.21. The first-order valence-electron chi connectivity index (χ1n) is 7.07. The largest absolute Gasteiger partial charge is 0.383 e. The first kappa shape index (κ1) is 20.0. The molecule has 2 rings (SSSR count). The molecule has 0 aliphatic heterocycles. The van der Waals surface area contributed by atoms with E-state index in [0.717, 1.165) is 0 Å². The molecule has 132 valence electrons. The van der Waals surface area contributed by atoms with Crippen LogP contribution < -0.4 is 11.1 Å². The fourth-order valence-electron chi connectivity index (χ4n) is 1.90. The number of aromatic nitrogens is 2. The minimum atomic E-state index is -0.781. The van der Waals surface area contributed by atoms with Crippen LogP contribution in [0.4, 0.5) is 4.39 Å². The lowest BCUT2D eigenvalue weighted by molar-refractivity contribution is -0.124. The second-order valence-electron chi connectivity index (χ2n) is 5.21. The first-order valence-corrected chi connectivity index (χ1v) is 7.07. The van der Waals surface area contributed by atoms with Crippen molar-refractivity contribution < 1.29 is 18.4 Å². The van der Waals surface area contributed by atoms with Gasteiger partial charge in [0.25, 0.3) is 0 Å². The molecule has 1 aromatic carbocycles. The van der Waals surface area contributed by atoms with Crippen molar-refractivity contribution in [3.05, 3.63) is 35.5 Å². The van der Waals surface area contributed by atoms with Gasteiger partial charge in [-0.2, -0.15) is 4.98 Å². The number of methoxy groups -OCH3 is 1. The summed E-state index contributed by atoms with van der Waals surface area (Å²) >= 11 is 0. The third-order valence-corrected chi connectivity index (χ3v) is 3.28. The van der Waals surface area contributed by atoms with Gasteiger partial charge < -0.3 is 20.3 Å². The second kappa shape index (κ2) is 8.72. The Morgan fingerprint density at radius 2 is 2.21 bits per heavy atom. The molecule has 3 N–H and O–H groups in total. The zero-order valence-electron chi connectivity index (χ0n) is 13.6. The van der Waals surface area contributed by atoms with E-state index < -0.39 is 12.1 Å². The van der Waals surface area contributed by atoms with E-state index in [-0.39, 0.29) is 42.5 Å². The Labute approximate surface area is 145 Å². The first-order chi connectivity index (χ1) is 10.9. The average molecular weight is 359 g/mol. The minimum absolute atomic E-state index is 0. The number of hydrogen-bond acceptors (Lipinski definition) is 6. The van der Waals surface area contributed by atoms with Gasteiger partial charge in [-0.25, -0.2) is 4.39 Å². The monoisotopic (exact) mass is 358 g/mol. The van der Waals surface area contributed by atoms with Crippen LogP contribution in [-0.4, -0.2) is 35.8 Å². The van der Waals surface area contributed by atoms with Crippen LogP contribution in [0, 0.1) is 12.7 Å². The standard InChI is InChI=1S/C15H19FN4O3.ClH/c1-8-4-5-10(6-11(8)16)13-19-15(23-20-13)9(2)18-14(21)12(17)7-22-3;/h4-6,9,12H,7,17H2,1-3H3,(H,18,21);1H. The molecule has 0 fully saturated rings. The number of benzene rings is 1. The van der Waals surface area contributed by atoms with Gasteiger partial charge in [0, 0.05) is 12.7 Å². The van der Waals surface area contributed by atoms with E-state index in [9.17, 15) is 9.18 Å². The van der Waals surface area contributed by atoms with Gasteiger partial charge in [-0.15, -0.1) is 12.4 Å². The van der Waals surface area contributed by atoms with Crippen molar-refractivity contribution in [3.63, 3.8) is 0 Å². The summed E-state index contributed by atoms with van der Waals surface area (Å²) in [4.78, 5) is 16.0. The highest BCUT2D eigenvalue weighted by Gasteiger charge is 2.21. The van der Waals surface area contributed by atoms with Gasteiger partial charge in [-0.3, -0.25) is 4.79 Å². The number of rotatable bonds is 6. The number of halogens is 2. The SMILES string of the molecule is COCC(N)C(=O)NC(C)c1nc(-c2ccc(C)c(F)c2)no1.Cl. The molecule has 1 aromatic heterocycles. The molecule has 24 heavy (non-hydrogen) atoms. The van der Waals surface area contributed by atoms with E-state index in [1.807, 2.05) is 0 Å². The molecule has 0 bridgehead atoms. The minimum Gasteiger partial charge on any atom is -0.383 e. The van der Waals surface area contributed by atoms with Crippen molar-refractivity contribution >= 4 is 18.3 Å². The van der Waals surface area contributed by atoms with Crippen molar-refractivity contribution in [2.45, 2.75) is 25.9 Å². The molecule has 0 aliphatic rings. The number of nitrogens with one attached hydrogen (secondary N) is 1. The maximum absolute atomic E-state index is 13.6. The van der Waals surface area contributed by atoms with Gasteiger partial charge in [0.1, 0.15) is 17.9 Å². The fourth-order valence-corrected chi connectivity index (χ4v) is 1.90. The van der Waals surface area contributed by atoms with Crippen molar-refractivity contribution in [1.82, 2.24) is 15.5 Å². The van der Waals surface area contributed by atoms with E-state index in [1.165, 1.54) is 13.2 Å². The van der Waals surface area contributed by atoms with E-state index >= 15 is 0 Å². The zero-order valence-corrected chi connectivity index (χ0v) is 14.4. The predicted octanol–water partition coefficient (Wildman–Crippen LogP) is 1.76. The van der Waals surface area contributed by atoms with Gasteiger partial charge in [-0.1, -0.05) is 17.3 Å². The van der Waals surface area contributed by atoms with Crippen molar-refractivity contribution in [3.8, 4) is 11.4 Å². The molecule has 9 heteroatoms. The number of hydrogen-bond donors (Lipinski definition) is 2. The molecule has 1 amide bonds. The Kier molecular flexibility index (Phi) is 7.27. The number of aryl methyl sites for hydroxylation is 1. The van der Waals surface area contributed by atoms with Gasteiger partial charge in [0.15, 0.2) is 0 Å². The molecule has 7 nitrogen and oxygen atoms in total. The van der Waals surface area contributed by atoms with Crippen molar-refractivity contribution in [1.29, 1.82) is 0 Å². The van der Waals surface area contributed by atoms with Crippen LogP contribution in [0.15, 0.2) is 22.7 Å². The van der Waals surface area contributed by atoms with Crippen LogP contribution >= 0.6 is 12.4 Å². The van der Waals surface area contributed by atoms with Crippen LogP contribution in [-0.2, 0) is 9.53 Å². The number of ether oxygens (including phenoxy) is 1. The van der Waals surface area contributed by atoms with Gasteiger partial charge >= 0.3 is 0 Å². The lowest BCUT2D eigenvalue weighted by Gasteiger charge is -2.14. The Balaban J connectivity index is 0.00000288. The lowest BCUT2D eigenvalue weighted by Crippen LogP contribution is -2.44. The molecule has 2 aromatic rings. The molecular formula is C15H20ClFN4O3. The normalized spacial score (nSPS) is 13.0. The Bertz CT molecular complexity index is 695. The molecule has 0 saturated carbocycles. The van der Waals surface area contributed by atoms with E-state index in [2.05, 4.69) is 15.5 Å². The number of nitrogens with zero attached hydrogens (tertiary/aromatic N) is 2. The smallest absolute Gasteiger partial charge is 0.249 e. The third-order valence-electron chi connectivity index (χ3n) is 3.28. The van der Waals surface area contributed by atoms with E-state index in [0.29, 0.717) is 11.1 Å². The summed E-state index contributed by atoms with van der Waals surface area (Å²) in [5, 5.41) is 6.46. The topological polar surface area (TPSA) is 103 Å². The summed E-state index contributed by atoms with van der Waals surface area (Å²) in [6.07, 6.45) is 0. The summed E-state index contributed by atoms with van der Waals surface area (Å²) in [5.74, 6) is -0.277. The summed E-state index contributed by atoms with van der Waals surface area (Å²) in [7, 11) is 1.46. The van der Waals surface area contributed by atoms with Crippen LogP contribution in [0.3, 0.4) is 0 Å². The number of amides is 1. The van der Waals surface area contributed by atoms with Gasteiger partial charge in [0.2, 0.25) is 17.6 Å². The molecule has 1 heterocycles. The highest BCUT2D eigenvalue weighted by Crippen LogP contribution is 2.21. The maximum atomic E-state index is 13.6. The Hall–Kier alpha value is -2.03. The number of nitrogens with two attached hydrogens (primary N) is 1. The molecule has 0 saturated heterocycles. The molecule has 0 radical (unpaired) electrons. The van der Waals surface area contributed by atoms with Crippen LogP contribution in [0.5, 0.6) is 0 Å². The summed E-state index contributed by atoms with van der Waals surface area (Å²) in [6.45, 7) is 3.46. The summed E-state index contributed by atoms with van der Waals surface area (Å²) in [5.41, 5.74) is 6.67. The highest BCUT2D eigenvalue weighted by atomic mass is 35.5. The van der Waals surface area contributed by atoms with Crippen molar-refractivity contribution in [2.24, 2.45) is 5.73 Å². The quantitative estimate of drug-likeness (QED) is 0.815. The fraction of sp³-hybridized carbons (Fsp3) is 0.400. The van der Waals surface area contributed by atoms with E-state index in [4.69, 9.17) is 15.0 Å². The Morgan fingerprint density at radius 3 is 2.83 bits per heavy atom. The zero-order chi connectivity index (χ0) is 17.0. The predicted molar refractivity (Wildman–Crippen MR) is 88.1 cm³/mol. The van der Waals surface area contributed by atoms with Crippen LogP contribution in [0.1, 0.15) is 24.4 Å². The average Bonchev–Trinajstić information content (AvgIpc) is 3.00. The molecule has 0 spiro atoms. The molecule has 2 atom stereocenters. The molecular weight excluding hydrogens is 339 g/mol. The third kappa shape index (κ3) is 4.73. The van der Waals surface area contributed by atoms with Gasteiger partial charge in [0.05, 0.1) is 6.61 Å². The molecule has 0 aliphatic carbocycles. The summed E-state index contributed by atoms with van der Waals surface area (Å²) < 4.78 is 23.5. The van der Waals surface area contributed by atoms with Gasteiger partial charge in [-0.05, 0) is 25.5 Å². The number of carbonyl (C=O) groups excluding carboxylic acids is 1. The Morgan fingerprint density at radius 1 is 1.50 bits per heavy atom. The number of carbonyl (C=O) groups is 1. The lowest BCUT2D eigenvalue weighted by atomic mass is 10.1. The van der Waals surface area contributed by atoms with E-state index in [1.54, 1.807) is 26.0 Å². The maximum Gasteiger partial charge on any atom is 0.249 e. The van der Waals surface area contributed by atoms with Crippen molar-refractivity contribution in [2.75, 3.05) is 13.7 Å². The van der Waals surface area contributed by atoms with Crippen LogP contribution in [0.2, 0.25) is 0 Å². The summed E-state index contributed by atoms with van der Waals surface area (Å²) in [6, 6.07) is 3.36. The highest BCUT2D eigenvalue weighted by molar-refractivity contribution is 5.85. The molecule has 2 unspecified atom stereocenters.